The van der Waals surface area contributed by atoms with Crippen molar-refractivity contribution in [3.63, 3.8) is 0 Å². The van der Waals surface area contributed by atoms with E-state index in [1.807, 2.05) is 0 Å². The summed E-state index contributed by atoms with van der Waals surface area (Å²) in [5.74, 6) is 0.915. The van der Waals surface area contributed by atoms with Crippen LogP contribution in [0.2, 0.25) is 0 Å². The summed E-state index contributed by atoms with van der Waals surface area (Å²) in [6.45, 7) is 7.27. The van der Waals surface area contributed by atoms with Crippen LogP contribution in [0, 0.1) is 5.92 Å². The molecule has 2 aliphatic rings. The fourth-order valence-corrected chi connectivity index (χ4v) is 2.88. The Labute approximate surface area is 110 Å². The van der Waals surface area contributed by atoms with Crippen LogP contribution in [-0.2, 0) is 9.53 Å². The van der Waals surface area contributed by atoms with Gasteiger partial charge < -0.3 is 9.64 Å². The maximum absolute atomic E-state index is 12.5. The molecule has 1 saturated carbocycles. The highest BCUT2D eigenvalue weighted by Crippen LogP contribution is 2.43. The highest BCUT2D eigenvalue weighted by molar-refractivity contribution is 5.92. The quantitative estimate of drug-likeness (QED) is 0.785. The first-order valence-corrected chi connectivity index (χ1v) is 7.09. The summed E-state index contributed by atoms with van der Waals surface area (Å²) in [6, 6.07) is 0.258. The molecule has 2 fully saturated rings. The lowest BCUT2D eigenvalue weighted by Gasteiger charge is -2.31. The van der Waals surface area contributed by atoms with Gasteiger partial charge in [0.2, 0.25) is 5.91 Å². The van der Waals surface area contributed by atoms with Crippen LogP contribution in [0.3, 0.4) is 0 Å². The molecular weight excluding hydrogens is 228 g/mol. The van der Waals surface area contributed by atoms with Crippen LogP contribution in [0.4, 0.5) is 0 Å². The number of carbonyl (C=O) groups is 1. The van der Waals surface area contributed by atoms with Gasteiger partial charge in [0.25, 0.3) is 0 Å². The summed E-state index contributed by atoms with van der Waals surface area (Å²) in [5.41, 5.74) is -0.194. The third-order valence-electron chi connectivity index (χ3n) is 4.08. The van der Waals surface area contributed by atoms with E-state index < -0.39 is 0 Å². The van der Waals surface area contributed by atoms with E-state index >= 15 is 0 Å². The average molecular weight is 254 g/mol. The first-order chi connectivity index (χ1) is 8.50. The average Bonchev–Trinajstić information content (AvgIpc) is 3.00. The predicted molar refractivity (Wildman–Crippen MR) is 71.1 cm³/mol. The smallest absolute Gasteiger partial charge is 0.244 e. The largest absolute Gasteiger partial charge is 0.385 e. The Morgan fingerprint density at radius 3 is 2.61 bits per heavy atom. The molecular formula is C14H26N2O2. The molecule has 2 unspecified atom stereocenters. The predicted octanol–water partition coefficient (Wildman–Crippen LogP) is 1.75. The van der Waals surface area contributed by atoms with Crippen molar-refractivity contribution in [1.29, 1.82) is 0 Å². The lowest BCUT2D eigenvalue weighted by molar-refractivity contribution is -0.133. The molecule has 2 atom stereocenters. The Balaban J connectivity index is 2.05. The van der Waals surface area contributed by atoms with Gasteiger partial charge in [-0.3, -0.25) is 10.1 Å². The van der Waals surface area contributed by atoms with Gasteiger partial charge in [-0.25, -0.2) is 0 Å². The van der Waals surface area contributed by atoms with Crippen LogP contribution in [0.15, 0.2) is 0 Å². The van der Waals surface area contributed by atoms with Crippen LogP contribution in [0.5, 0.6) is 0 Å². The summed E-state index contributed by atoms with van der Waals surface area (Å²) in [5, 5.41) is 3.57. The second-order valence-corrected chi connectivity index (χ2v) is 6.21. The van der Waals surface area contributed by atoms with E-state index in [0.717, 1.165) is 25.7 Å². The van der Waals surface area contributed by atoms with Crippen molar-refractivity contribution in [1.82, 2.24) is 10.2 Å². The zero-order valence-corrected chi connectivity index (χ0v) is 12.0. The normalized spacial score (nSPS) is 27.3. The van der Waals surface area contributed by atoms with Gasteiger partial charge in [-0.05, 0) is 38.5 Å². The van der Waals surface area contributed by atoms with E-state index in [2.05, 4.69) is 31.0 Å². The van der Waals surface area contributed by atoms with Crippen LogP contribution < -0.4 is 5.32 Å². The second-order valence-electron chi connectivity index (χ2n) is 6.21. The highest BCUT2D eigenvalue weighted by atomic mass is 16.5. The molecule has 0 radical (unpaired) electrons. The molecule has 104 valence electrons. The standard InChI is InChI=1S/C14H26N2O2/c1-10(2)9-12-15-14(6-7-14)13(17)16(12)11(3)5-8-18-4/h10-12,15H,5-9H2,1-4H3. The van der Waals surface area contributed by atoms with Gasteiger partial charge in [0.1, 0.15) is 0 Å². The number of ether oxygens (including phenoxy) is 1. The molecule has 1 saturated heterocycles. The molecule has 0 bridgehead atoms. The molecule has 1 amide bonds. The Bertz CT molecular complexity index is 313. The minimum atomic E-state index is -0.194. The van der Waals surface area contributed by atoms with Crippen molar-refractivity contribution in [2.24, 2.45) is 5.92 Å². The molecule has 1 aliphatic carbocycles. The van der Waals surface area contributed by atoms with Gasteiger partial charge in [-0.2, -0.15) is 0 Å². The molecule has 1 spiro atoms. The van der Waals surface area contributed by atoms with Gasteiger partial charge in [-0.1, -0.05) is 13.8 Å². The molecule has 1 heterocycles. The van der Waals surface area contributed by atoms with Gasteiger partial charge in [0.05, 0.1) is 11.7 Å². The van der Waals surface area contributed by atoms with E-state index in [1.54, 1.807) is 7.11 Å². The number of amides is 1. The van der Waals surface area contributed by atoms with E-state index in [-0.39, 0.29) is 17.7 Å². The van der Waals surface area contributed by atoms with Crippen LogP contribution >= 0.6 is 0 Å². The Morgan fingerprint density at radius 1 is 1.44 bits per heavy atom. The monoisotopic (exact) mass is 254 g/mol. The highest BCUT2D eigenvalue weighted by Gasteiger charge is 2.59. The number of nitrogens with one attached hydrogen (secondary N) is 1. The molecule has 2 rings (SSSR count). The van der Waals surface area contributed by atoms with Crippen molar-refractivity contribution >= 4 is 5.91 Å². The zero-order chi connectivity index (χ0) is 13.3. The van der Waals surface area contributed by atoms with Crippen molar-refractivity contribution in [2.75, 3.05) is 13.7 Å². The second kappa shape index (κ2) is 5.17. The van der Waals surface area contributed by atoms with Crippen molar-refractivity contribution in [3.05, 3.63) is 0 Å². The first kappa shape index (κ1) is 13.8. The van der Waals surface area contributed by atoms with E-state index in [4.69, 9.17) is 4.74 Å². The third kappa shape index (κ3) is 2.54. The minimum Gasteiger partial charge on any atom is -0.385 e. The SMILES string of the molecule is COCCC(C)N1C(=O)C2(CC2)NC1CC(C)C. The third-order valence-corrected chi connectivity index (χ3v) is 4.08. The fraction of sp³-hybridized carbons (Fsp3) is 0.929. The Hall–Kier alpha value is -0.610. The fourth-order valence-electron chi connectivity index (χ4n) is 2.88. The Kier molecular flexibility index (Phi) is 3.97. The van der Waals surface area contributed by atoms with E-state index in [1.165, 1.54) is 0 Å². The summed E-state index contributed by atoms with van der Waals surface area (Å²) in [4.78, 5) is 14.6. The molecule has 4 heteroatoms. The number of hydrogen-bond acceptors (Lipinski definition) is 3. The van der Waals surface area contributed by atoms with Crippen molar-refractivity contribution in [2.45, 2.75) is 64.2 Å². The summed E-state index contributed by atoms with van der Waals surface area (Å²) < 4.78 is 5.13. The molecule has 4 nitrogen and oxygen atoms in total. The maximum atomic E-state index is 12.5. The molecule has 0 aromatic carbocycles. The van der Waals surface area contributed by atoms with Crippen LogP contribution in [-0.4, -0.2) is 42.3 Å². The minimum absolute atomic E-state index is 0.194. The lowest BCUT2D eigenvalue weighted by Crippen LogP contribution is -2.44. The van der Waals surface area contributed by atoms with Crippen molar-refractivity contribution < 1.29 is 9.53 Å². The number of nitrogens with zero attached hydrogens (tertiary/aromatic N) is 1. The van der Waals surface area contributed by atoms with Gasteiger partial charge in [-0.15, -0.1) is 0 Å². The number of methoxy groups -OCH3 is 1. The summed E-state index contributed by atoms with van der Waals surface area (Å²) in [7, 11) is 1.71. The number of carbonyl (C=O) groups excluding carboxylic acids is 1. The van der Waals surface area contributed by atoms with Gasteiger partial charge in [0.15, 0.2) is 0 Å². The molecule has 18 heavy (non-hydrogen) atoms. The molecule has 1 N–H and O–H groups in total. The number of hydrogen-bond donors (Lipinski definition) is 1. The topological polar surface area (TPSA) is 41.6 Å². The Morgan fingerprint density at radius 2 is 2.11 bits per heavy atom. The van der Waals surface area contributed by atoms with E-state index in [0.29, 0.717) is 18.4 Å². The summed E-state index contributed by atoms with van der Waals surface area (Å²) in [6.07, 6.45) is 4.17. The first-order valence-electron chi connectivity index (χ1n) is 7.09. The molecule has 0 aromatic rings. The molecule has 1 aliphatic heterocycles. The lowest BCUT2D eigenvalue weighted by atomic mass is 10.1. The van der Waals surface area contributed by atoms with Crippen LogP contribution in [0.1, 0.15) is 46.5 Å². The zero-order valence-electron chi connectivity index (χ0n) is 12.0. The summed E-state index contributed by atoms with van der Waals surface area (Å²) >= 11 is 0. The number of rotatable bonds is 6. The van der Waals surface area contributed by atoms with Gasteiger partial charge >= 0.3 is 0 Å². The maximum Gasteiger partial charge on any atom is 0.244 e. The van der Waals surface area contributed by atoms with Crippen LogP contribution in [0.25, 0.3) is 0 Å². The van der Waals surface area contributed by atoms with E-state index in [9.17, 15) is 4.79 Å². The van der Waals surface area contributed by atoms with Crippen molar-refractivity contribution in [3.8, 4) is 0 Å². The molecule has 0 aromatic heterocycles. The van der Waals surface area contributed by atoms with Gasteiger partial charge in [0, 0.05) is 19.8 Å².